The number of benzene rings is 1. The first-order chi connectivity index (χ1) is 6.33. The van der Waals surface area contributed by atoms with E-state index in [0.29, 0.717) is 11.9 Å². The van der Waals surface area contributed by atoms with E-state index < -0.39 is 0 Å². The molecule has 0 atom stereocenters. The van der Waals surface area contributed by atoms with E-state index in [-0.39, 0.29) is 5.82 Å². The van der Waals surface area contributed by atoms with Gasteiger partial charge in [0.15, 0.2) is 0 Å². The lowest BCUT2D eigenvalue weighted by molar-refractivity contribution is 0.637. The second-order valence-corrected chi connectivity index (χ2v) is 2.81. The van der Waals surface area contributed by atoms with Gasteiger partial charge < -0.3 is 4.98 Å². The van der Waals surface area contributed by atoms with Gasteiger partial charge in [-0.25, -0.2) is 4.39 Å². The van der Waals surface area contributed by atoms with Gasteiger partial charge in [-0.2, -0.15) is 5.26 Å². The lowest BCUT2D eigenvalue weighted by Gasteiger charge is -1.92. The van der Waals surface area contributed by atoms with E-state index in [0.717, 1.165) is 10.9 Å². The van der Waals surface area contributed by atoms with Gasteiger partial charge >= 0.3 is 0 Å². The zero-order chi connectivity index (χ0) is 9.26. The first-order valence-corrected chi connectivity index (χ1v) is 3.94. The highest BCUT2D eigenvalue weighted by molar-refractivity contribution is 5.83. The molecule has 0 spiro atoms. The molecule has 13 heavy (non-hydrogen) atoms. The molecule has 64 valence electrons. The fourth-order valence-electron chi connectivity index (χ4n) is 1.41. The number of nitriles is 1. The molecule has 0 unspecified atom stereocenters. The van der Waals surface area contributed by atoms with E-state index in [4.69, 9.17) is 5.26 Å². The summed E-state index contributed by atoms with van der Waals surface area (Å²) < 4.78 is 13.1. The summed E-state index contributed by atoms with van der Waals surface area (Å²) in [6, 6.07) is 6.89. The maximum atomic E-state index is 13.1. The summed E-state index contributed by atoms with van der Waals surface area (Å²) in [6.07, 6.45) is 1.99. The van der Waals surface area contributed by atoms with Crippen LogP contribution in [0.5, 0.6) is 0 Å². The Labute approximate surface area is 74.6 Å². The molecule has 2 aromatic rings. The minimum atomic E-state index is -0.276. The highest BCUT2D eigenvalue weighted by Gasteiger charge is 2.05. The summed E-state index contributed by atoms with van der Waals surface area (Å²) in [5.41, 5.74) is 1.32. The maximum Gasteiger partial charge on any atom is 0.147 e. The van der Waals surface area contributed by atoms with Crippen molar-refractivity contribution in [1.82, 2.24) is 4.98 Å². The zero-order valence-corrected chi connectivity index (χ0v) is 6.84. The van der Waals surface area contributed by atoms with Crippen LogP contribution >= 0.6 is 0 Å². The number of para-hydroxylation sites is 1. The molecule has 0 fully saturated rings. The molecular weight excluding hydrogens is 167 g/mol. The van der Waals surface area contributed by atoms with Crippen LogP contribution in [0.25, 0.3) is 10.9 Å². The Kier molecular flexibility index (Phi) is 1.75. The third-order valence-electron chi connectivity index (χ3n) is 2.02. The highest BCUT2D eigenvalue weighted by Crippen LogP contribution is 2.20. The van der Waals surface area contributed by atoms with Crippen molar-refractivity contribution in [3.63, 3.8) is 0 Å². The van der Waals surface area contributed by atoms with Gasteiger partial charge in [0, 0.05) is 11.6 Å². The molecule has 0 bridgehead atoms. The third kappa shape index (κ3) is 1.17. The quantitative estimate of drug-likeness (QED) is 0.708. The van der Waals surface area contributed by atoms with Crippen molar-refractivity contribution in [2.45, 2.75) is 6.42 Å². The number of nitrogens with zero attached hydrogens (tertiary/aromatic N) is 1. The van der Waals surface area contributed by atoms with Crippen LogP contribution in [0.4, 0.5) is 4.39 Å². The lowest BCUT2D eigenvalue weighted by atomic mass is 10.1. The molecular formula is C10H7FN2. The molecule has 0 aliphatic rings. The molecule has 3 heteroatoms. The normalized spacial score (nSPS) is 10.2. The maximum absolute atomic E-state index is 13.1. The van der Waals surface area contributed by atoms with E-state index >= 15 is 0 Å². The first-order valence-electron chi connectivity index (χ1n) is 3.94. The fourth-order valence-corrected chi connectivity index (χ4v) is 1.41. The second kappa shape index (κ2) is 2.91. The molecule has 2 rings (SSSR count). The van der Waals surface area contributed by atoms with E-state index in [1.165, 1.54) is 6.07 Å². The second-order valence-electron chi connectivity index (χ2n) is 2.81. The van der Waals surface area contributed by atoms with Gasteiger partial charge in [-0.15, -0.1) is 0 Å². The Morgan fingerprint density at radius 1 is 1.46 bits per heavy atom. The molecule has 1 heterocycles. The van der Waals surface area contributed by atoms with Crippen LogP contribution in [0.2, 0.25) is 0 Å². The largest absolute Gasteiger partial charge is 0.358 e. The van der Waals surface area contributed by atoms with Crippen LogP contribution < -0.4 is 0 Å². The molecule has 1 aromatic heterocycles. The summed E-state index contributed by atoms with van der Waals surface area (Å²) in [7, 11) is 0. The number of aromatic amines is 1. The van der Waals surface area contributed by atoms with E-state index in [2.05, 4.69) is 4.98 Å². The lowest BCUT2D eigenvalue weighted by Crippen LogP contribution is -1.78. The number of rotatable bonds is 1. The van der Waals surface area contributed by atoms with Crippen LogP contribution in [0.3, 0.4) is 0 Å². The summed E-state index contributed by atoms with van der Waals surface area (Å²) >= 11 is 0. The molecule has 0 aliphatic heterocycles. The van der Waals surface area contributed by atoms with E-state index in [9.17, 15) is 4.39 Å². The van der Waals surface area contributed by atoms with Crippen LogP contribution in [0, 0.1) is 17.1 Å². The molecule has 1 aromatic carbocycles. The number of fused-ring (bicyclic) bond motifs is 1. The molecule has 2 nitrogen and oxygen atoms in total. The van der Waals surface area contributed by atoms with Crippen molar-refractivity contribution < 1.29 is 4.39 Å². The van der Waals surface area contributed by atoms with Crippen LogP contribution in [0.1, 0.15) is 5.56 Å². The monoisotopic (exact) mass is 174 g/mol. The van der Waals surface area contributed by atoms with Crippen LogP contribution in [-0.2, 0) is 6.42 Å². The topological polar surface area (TPSA) is 39.6 Å². The van der Waals surface area contributed by atoms with Gasteiger partial charge in [-0.05, 0) is 11.6 Å². The van der Waals surface area contributed by atoms with Crippen molar-refractivity contribution >= 4 is 10.9 Å². The van der Waals surface area contributed by atoms with Gasteiger partial charge in [-0.1, -0.05) is 12.1 Å². The average Bonchev–Trinajstić information content (AvgIpc) is 2.51. The Morgan fingerprint density at radius 2 is 2.31 bits per heavy atom. The van der Waals surface area contributed by atoms with Gasteiger partial charge in [0.2, 0.25) is 0 Å². The van der Waals surface area contributed by atoms with Crippen molar-refractivity contribution in [2.75, 3.05) is 0 Å². The number of halogens is 1. The van der Waals surface area contributed by atoms with Crippen molar-refractivity contribution in [3.05, 3.63) is 35.8 Å². The molecule has 0 amide bonds. The van der Waals surface area contributed by atoms with Crippen LogP contribution in [-0.4, -0.2) is 4.98 Å². The Bertz CT molecular complexity index is 479. The highest BCUT2D eigenvalue weighted by atomic mass is 19.1. The minimum Gasteiger partial charge on any atom is -0.358 e. The van der Waals surface area contributed by atoms with Gasteiger partial charge in [0.25, 0.3) is 0 Å². The number of nitrogens with one attached hydrogen (secondary N) is 1. The summed E-state index contributed by atoms with van der Waals surface area (Å²) in [4.78, 5) is 2.82. The smallest absolute Gasteiger partial charge is 0.147 e. The number of hydrogen-bond donors (Lipinski definition) is 1. The molecule has 0 saturated heterocycles. The SMILES string of the molecule is N#CCc1c[nH]c2c(F)cccc12. The number of hydrogen-bond acceptors (Lipinski definition) is 1. The zero-order valence-electron chi connectivity index (χ0n) is 6.84. The predicted molar refractivity (Wildman–Crippen MR) is 47.6 cm³/mol. The van der Waals surface area contributed by atoms with Crippen molar-refractivity contribution in [3.8, 4) is 6.07 Å². The summed E-state index contributed by atoms with van der Waals surface area (Å²) in [5, 5.41) is 9.30. The Hall–Kier alpha value is -1.82. The fraction of sp³-hybridized carbons (Fsp3) is 0.100. The van der Waals surface area contributed by atoms with Crippen LogP contribution in [0.15, 0.2) is 24.4 Å². The number of aromatic nitrogens is 1. The average molecular weight is 174 g/mol. The van der Waals surface area contributed by atoms with Gasteiger partial charge in [-0.3, -0.25) is 0 Å². The van der Waals surface area contributed by atoms with E-state index in [1.807, 2.05) is 12.1 Å². The van der Waals surface area contributed by atoms with Crippen molar-refractivity contribution in [1.29, 1.82) is 5.26 Å². The van der Waals surface area contributed by atoms with Crippen molar-refractivity contribution in [2.24, 2.45) is 0 Å². The standard InChI is InChI=1S/C10H7FN2/c11-9-3-1-2-8-7(4-5-12)6-13-10(8)9/h1-3,6,13H,4H2. The summed E-state index contributed by atoms with van der Waals surface area (Å²) in [6.45, 7) is 0. The molecule has 0 saturated carbocycles. The molecule has 0 aliphatic carbocycles. The molecule has 0 radical (unpaired) electrons. The summed E-state index contributed by atoms with van der Waals surface area (Å²) in [5.74, 6) is -0.276. The first kappa shape index (κ1) is 7.81. The minimum absolute atomic E-state index is 0.276. The van der Waals surface area contributed by atoms with Gasteiger partial charge in [0.05, 0.1) is 18.0 Å². The molecule has 1 N–H and O–H groups in total. The Balaban J connectivity index is 2.70. The van der Waals surface area contributed by atoms with E-state index in [1.54, 1.807) is 12.3 Å². The predicted octanol–water partition coefficient (Wildman–Crippen LogP) is 2.37. The van der Waals surface area contributed by atoms with Gasteiger partial charge in [0.1, 0.15) is 5.82 Å². The number of H-pyrrole nitrogens is 1. The third-order valence-corrected chi connectivity index (χ3v) is 2.02. The Morgan fingerprint density at radius 3 is 3.08 bits per heavy atom.